The van der Waals surface area contributed by atoms with Crippen LogP contribution in [-0.4, -0.2) is 39.9 Å². The summed E-state index contributed by atoms with van der Waals surface area (Å²) in [4.78, 5) is 33.5. The van der Waals surface area contributed by atoms with E-state index in [1.807, 2.05) is 0 Å². The second-order valence-electron chi connectivity index (χ2n) is 4.15. The molecule has 0 aliphatic heterocycles. The van der Waals surface area contributed by atoms with Crippen LogP contribution in [0.2, 0.25) is 0 Å². The van der Waals surface area contributed by atoms with Crippen LogP contribution >= 0.6 is 0 Å². The Hall–Kier alpha value is -2.70. The topological polar surface area (TPSA) is 101 Å². The Balaban J connectivity index is 2.74. The zero-order valence-corrected chi connectivity index (χ0v) is 11.0. The minimum absolute atomic E-state index is 0.0369. The Labute approximate surface area is 115 Å². The van der Waals surface area contributed by atoms with Crippen LogP contribution in [0.5, 0.6) is 0 Å². The molecule has 1 amide bonds. The molecular formula is C13H14N2O5. The van der Waals surface area contributed by atoms with Crippen LogP contribution in [-0.2, 0) is 9.59 Å². The van der Waals surface area contributed by atoms with E-state index in [1.54, 1.807) is 0 Å². The first kappa shape index (κ1) is 15.4. The Bertz CT molecular complexity index is 550. The number of likely N-dealkylation sites (N-methyl/N-ethyl adjacent to an activating group) is 1. The molecule has 1 aromatic carbocycles. The van der Waals surface area contributed by atoms with E-state index >= 15 is 0 Å². The normalized spacial score (nSPS) is 12.1. The maximum Gasteiger partial charge on any atom is 0.326 e. The van der Waals surface area contributed by atoms with Gasteiger partial charge >= 0.3 is 5.97 Å². The smallest absolute Gasteiger partial charge is 0.326 e. The third kappa shape index (κ3) is 3.91. The second-order valence-corrected chi connectivity index (χ2v) is 4.15. The number of hydrogen-bond acceptors (Lipinski definition) is 4. The largest absolute Gasteiger partial charge is 0.480 e. The van der Waals surface area contributed by atoms with Crippen molar-refractivity contribution in [1.29, 1.82) is 0 Å². The third-order valence-corrected chi connectivity index (χ3v) is 2.81. The van der Waals surface area contributed by atoms with Crippen molar-refractivity contribution in [3.63, 3.8) is 0 Å². The molecule has 0 heterocycles. The van der Waals surface area contributed by atoms with Crippen molar-refractivity contribution in [2.24, 2.45) is 0 Å². The molecule has 106 valence electrons. The monoisotopic (exact) mass is 278 g/mol. The van der Waals surface area contributed by atoms with Crippen molar-refractivity contribution in [1.82, 2.24) is 4.90 Å². The highest BCUT2D eigenvalue weighted by Crippen LogP contribution is 2.13. The fourth-order valence-corrected chi connectivity index (χ4v) is 1.35. The summed E-state index contributed by atoms with van der Waals surface area (Å²) in [6.45, 7) is 1.40. The molecule has 0 radical (unpaired) electrons. The van der Waals surface area contributed by atoms with E-state index in [2.05, 4.69) is 0 Å². The Kier molecular flexibility index (Phi) is 4.96. The quantitative estimate of drug-likeness (QED) is 0.500. The highest BCUT2D eigenvalue weighted by molar-refractivity contribution is 5.94. The standard InChI is InChI=1S/C13H14N2O5/c1-9(13(17)18)14(2)12(16)8-5-10-3-6-11(7-4-10)15(19)20/h3-9H,1-2H3,(H,17,18). The summed E-state index contributed by atoms with van der Waals surface area (Å²) in [7, 11) is 1.39. The second kappa shape index (κ2) is 6.46. The molecule has 1 N–H and O–H groups in total. The minimum atomic E-state index is -1.09. The van der Waals surface area contributed by atoms with Crippen molar-refractivity contribution in [3.8, 4) is 0 Å². The summed E-state index contributed by atoms with van der Waals surface area (Å²) in [6, 6.07) is 4.73. The number of nitro benzene ring substituents is 1. The van der Waals surface area contributed by atoms with Gasteiger partial charge in [-0.2, -0.15) is 0 Å². The summed E-state index contributed by atoms with van der Waals surface area (Å²) < 4.78 is 0. The van der Waals surface area contributed by atoms with E-state index in [0.717, 1.165) is 4.90 Å². The highest BCUT2D eigenvalue weighted by Gasteiger charge is 2.19. The van der Waals surface area contributed by atoms with Gasteiger partial charge < -0.3 is 10.0 Å². The van der Waals surface area contributed by atoms with Crippen LogP contribution in [0, 0.1) is 10.1 Å². The van der Waals surface area contributed by atoms with Gasteiger partial charge in [0.25, 0.3) is 5.69 Å². The number of carbonyl (C=O) groups is 2. The number of carboxylic acids is 1. The molecule has 0 fully saturated rings. The number of hydrogen-bond donors (Lipinski definition) is 1. The number of nitrogens with zero attached hydrogens (tertiary/aromatic N) is 2. The van der Waals surface area contributed by atoms with Gasteiger partial charge in [-0.1, -0.05) is 0 Å². The van der Waals surface area contributed by atoms with Crippen molar-refractivity contribution >= 4 is 23.6 Å². The summed E-state index contributed by atoms with van der Waals surface area (Å²) in [5, 5.41) is 19.3. The number of nitro groups is 1. The molecule has 0 aromatic heterocycles. The van der Waals surface area contributed by atoms with Gasteiger partial charge in [0, 0.05) is 25.3 Å². The molecule has 0 saturated heterocycles. The molecule has 1 unspecified atom stereocenters. The molecule has 7 nitrogen and oxygen atoms in total. The fourth-order valence-electron chi connectivity index (χ4n) is 1.35. The molecule has 0 aliphatic carbocycles. The van der Waals surface area contributed by atoms with Crippen molar-refractivity contribution < 1.29 is 19.6 Å². The predicted octanol–water partition coefficient (Wildman–Crippen LogP) is 1.54. The van der Waals surface area contributed by atoms with Gasteiger partial charge in [0.1, 0.15) is 6.04 Å². The number of amides is 1. The van der Waals surface area contributed by atoms with E-state index < -0.39 is 22.8 Å². The van der Waals surface area contributed by atoms with Crippen LogP contribution in [0.25, 0.3) is 6.08 Å². The summed E-state index contributed by atoms with van der Waals surface area (Å²) in [5.41, 5.74) is 0.574. The maximum absolute atomic E-state index is 11.7. The first-order valence-electron chi connectivity index (χ1n) is 5.75. The number of carboxylic acid groups (broad SMARTS) is 1. The van der Waals surface area contributed by atoms with Gasteiger partial charge in [-0.05, 0) is 30.7 Å². The average molecular weight is 278 g/mol. The van der Waals surface area contributed by atoms with Gasteiger partial charge in [0.2, 0.25) is 5.91 Å². The summed E-state index contributed by atoms with van der Waals surface area (Å²) in [5.74, 6) is -1.55. The number of benzene rings is 1. The Morgan fingerprint density at radius 2 is 1.90 bits per heavy atom. The lowest BCUT2D eigenvalue weighted by Crippen LogP contribution is -2.39. The van der Waals surface area contributed by atoms with Crippen molar-refractivity contribution in [2.75, 3.05) is 7.05 Å². The van der Waals surface area contributed by atoms with Crippen LogP contribution in [0.1, 0.15) is 12.5 Å². The summed E-state index contributed by atoms with van der Waals surface area (Å²) in [6.07, 6.45) is 2.69. The number of carbonyl (C=O) groups excluding carboxylic acids is 1. The van der Waals surface area contributed by atoms with Crippen LogP contribution in [0.15, 0.2) is 30.3 Å². The van der Waals surface area contributed by atoms with Crippen LogP contribution in [0.3, 0.4) is 0 Å². The maximum atomic E-state index is 11.7. The fraction of sp³-hybridized carbons (Fsp3) is 0.231. The number of rotatable bonds is 5. The molecule has 0 bridgehead atoms. The van der Waals surface area contributed by atoms with E-state index in [9.17, 15) is 19.7 Å². The highest BCUT2D eigenvalue weighted by atomic mass is 16.6. The SMILES string of the molecule is CC(C(=O)O)N(C)C(=O)C=Cc1ccc([N+](=O)[O-])cc1. The lowest BCUT2D eigenvalue weighted by atomic mass is 10.2. The molecule has 1 atom stereocenters. The van der Waals surface area contributed by atoms with Crippen molar-refractivity contribution in [2.45, 2.75) is 13.0 Å². The van der Waals surface area contributed by atoms with Gasteiger partial charge in [-0.3, -0.25) is 14.9 Å². The molecule has 20 heavy (non-hydrogen) atoms. The Morgan fingerprint density at radius 3 is 2.35 bits per heavy atom. The molecule has 0 saturated carbocycles. The zero-order chi connectivity index (χ0) is 15.3. The summed E-state index contributed by atoms with van der Waals surface area (Å²) >= 11 is 0. The van der Waals surface area contributed by atoms with Crippen molar-refractivity contribution in [3.05, 3.63) is 46.0 Å². The van der Waals surface area contributed by atoms with Gasteiger partial charge in [0.05, 0.1) is 4.92 Å². The molecule has 0 spiro atoms. The van der Waals surface area contributed by atoms with E-state index in [0.29, 0.717) is 5.56 Å². The average Bonchev–Trinajstić information content (AvgIpc) is 2.43. The third-order valence-electron chi connectivity index (χ3n) is 2.81. The molecule has 1 rings (SSSR count). The molecule has 7 heteroatoms. The number of aliphatic carboxylic acids is 1. The molecule has 1 aromatic rings. The van der Waals surface area contributed by atoms with Gasteiger partial charge in [0.15, 0.2) is 0 Å². The van der Waals surface area contributed by atoms with Crippen LogP contribution < -0.4 is 0 Å². The van der Waals surface area contributed by atoms with Gasteiger partial charge in [-0.15, -0.1) is 0 Å². The van der Waals surface area contributed by atoms with Crippen LogP contribution in [0.4, 0.5) is 5.69 Å². The number of non-ortho nitro benzene ring substituents is 1. The van der Waals surface area contributed by atoms with E-state index in [4.69, 9.17) is 5.11 Å². The predicted molar refractivity (Wildman–Crippen MR) is 72.0 cm³/mol. The lowest BCUT2D eigenvalue weighted by Gasteiger charge is -2.19. The first-order chi connectivity index (χ1) is 9.32. The lowest BCUT2D eigenvalue weighted by molar-refractivity contribution is -0.384. The minimum Gasteiger partial charge on any atom is -0.480 e. The zero-order valence-electron chi connectivity index (χ0n) is 11.0. The first-order valence-corrected chi connectivity index (χ1v) is 5.75. The van der Waals surface area contributed by atoms with E-state index in [1.165, 1.54) is 50.4 Å². The van der Waals surface area contributed by atoms with E-state index in [-0.39, 0.29) is 5.69 Å². The Morgan fingerprint density at radius 1 is 1.35 bits per heavy atom. The van der Waals surface area contributed by atoms with Gasteiger partial charge in [-0.25, -0.2) is 4.79 Å². The molecular weight excluding hydrogens is 264 g/mol. The molecule has 0 aliphatic rings.